The number of benzene rings is 1. The fourth-order valence-electron chi connectivity index (χ4n) is 4.74. The fourth-order valence-corrected chi connectivity index (χ4v) is 4.74. The molecule has 154 valence electrons. The third-order valence-corrected chi connectivity index (χ3v) is 6.57. The Hall–Kier alpha value is -2.63. The lowest BCUT2D eigenvalue weighted by molar-refractivity contribution is -0.123. The molecule has 1 amide bonds. The van der Waals surface area contributed by atoms with Gasteiger partial charge in [0.2, 0.25) is 5.91 Å². The van der Waals surface area contributed by atoms with E-state index < -0.39 is 0 Å². The van der Waals surface area contributed by atoms with Crippen molar-refractivity contribution < 1.29 is 4.79 Å². The van der Waals surface area contributed by atoms with Crippen molar-refractivity contribution in [3.63, 3.8) is 0 Å². The normalized spacial score (nSPS) is 22.2. The summed E-state index contributed by atoms with van der Waals surface area (Å²) in [7, 11) is 0. The molecule has 1 N–H and O–H groups in total. The van der Waals surface area contributed by atoms with E-state index in [4.69, 9.17) is 0 Å². The van der Waals surface area contributed by atoms with Gasteiger partial charge in [0.25, 0.3) is 5.56 Å². The predicted molar refractivity (Wildman–Crippen MR) is 116 cm³/mol. The van der Waals surface area contributed by atoms with E-state index >= 15 is 0 Å². The van der Waals surface area contributed by atoms with Crippen molar-refractivity contribution in [1.29, 1.82) is 0 Å². The minimum Gasteiger partial charge on any atom is -0.351 e. The largest absolute Gasteiger partial charge is 0.351 e. The van der Waals surface area contributed by atoms with Gasteiger partial charge in [0.1, 0.15) is 12.1 Å². The predicted octanol–water partition coefficient (Wildman–Crippen LogP) is 3.70. The second-order valence-corrected chi connectivity index (χ2v) is 8.48. The van der Waals surface area contributed by atoms with Crippen molar-refractivity contribution in [2.45, 2.75) is 65.6 Å². The van der Waals surface area contributed by atoms with Crippen LogP contribution in [0.15, 0.2) is 35.3 Å². The summed E-state index contributed by atoms with van der Waals surface area (Å²) in [4.78, 5) is 25.9. The van der Waals surface area contributed by atoms with Crippen LogP contribution in [0.5, 0.6) is 0 Å². The molecular formula is C23H30N4O2. The van der Waals surface area contributed by atoms with Crippen LogP contribution in [-0.4, -0.2) is 26.3 Å². The van der Waals surface area contributed by atoms with Crippen molar-refractivity contribution in [1.82, 2.24) is 19.7 Å². The maximum atomic E-state index is 13.2. The number of fused-ring (bicyclic) bond motifs is 3. The van der Waals surface area contributed by atoms with Crippen LogP contribution in [0.1, 0.15) is 46.5 Å². The molecule has 29 heavy (non-hydrogen) atoms. The van der Waals surface area contributed by atoms with Gasteiger partial charge in [0.05, 0.1) is 6.20 Å². The summed E-state index contributed by atoms with van der Waals surface area (Å²) in [6.45, 7) is 7.26. The zero-order valence-corrected chi connectivity index (χ0v) is 17.5. The summed E-state index contributed by atoms with van der Waals surface area (Å²) < 4.78 is 3.37. The lowest BCUT2D eigenvalue weighted by Gasteiger charge is -2.34. The molecule has 0 spiro atoms. The lowest BCUT2D eigenvalue weighted by atomic mass is 9.78. The van der Waals surface area contributed by atoms with Crippen molar-refractivity contribution in [3.05, 3.63) is 40.8 Å². The fraction of sp³-hybridized carbons (Fsp3) is 0.522. The van der Waals surface area contributed by atoms with Crippen molar-refractivity contribution >= 4 is 27.7 Å². The lowest BCUT2D eigenvalue weighted by Crippen LogP contribution is -2.45. The highest BCUT2D eigenvalue weighted by Crippen LogP contribution is 2.29. The summed E-state index contributed by atoms with van der Waals surface area (Å²) >= 11 is 0. The minimum atomic E-state index is -0.202. The highest BCUT2D eigenvalue weighted by Gasteiger charge is 2.28. The van der Waals surface area contributed by atoms with Crippen LogP contribution >= 0.6 is 0 Å². The molecule has 6 nitrogen and oxygen atoms in total. The van der Waals surface area contributed by atoms with Crippen LogP contribution in [0.25, 0.3) is 21.8 Å². The maximum Gasteiger partial charge on any atom is 0.291 e. The van der Waals surface area contributed by atoms with Crippen molar-refractivity contribution in [3.8, 4) is 0 Å². The number of aryl methyl sites for hydroxylation is 1. The first-order valence-electron chi connectivity index (χ1n) is 10.8. The highest BCUT2D eigenvalue weighted by atomic mass is 16.2. The quantitative estimate of drug-likeness (QED) is 0.717. The Labute approximate surface area is 170 Å². The number of carbonyl (C=O) groups is 1. The SMILES string of the molecule is CCCn1c2ccccc2c2cnn(CC(=O)N[C@@H]3CCC[C@@H](C)[C@H]3C)c(=O)c21. The second-order valence-electron chi connectivity index (χ2n) is 8.48. The van der Waals surface area contributed by atoms with Gasteiger partial charge in [0, 0.05) is 28.9 Å². The minimum absolute atomic E-state index is 0.0416. The molecule has 3 aromatic rings. The summed E-state index contributed by atoms with van der Waals surface area (Å²) in [6, 6.07) is 8.20. The maximum absolute atomic E-state index is 13.2. The Balaban J connectivity index is 1.65. The second kappa shape index (κ2) is 8.01. The number of hydrogen-bond donors (Lipinski definition) is 1. The van der Waals surface area contributed by atoms with Gasteiger partial charge in [-0.15, -0.1) is 0 Å². The molecule has 2 heterocycles. The Morgan fingerprint density at radius 1 is 1.21 bits per heavy atom. The zero-order valence-electron chi connectivity index (χ0n) is 17.5. The van der Waals surface area contributed by atoms with Crippen LogP contribution in [0.2, 0.25) is 0 Å². The van der Waals surface area contributed by atoms with Gasteiger partial charge in [0.15, 0.2) is 0 Å². The van der Waals surface area contributed by atoms with Gasteiger partial charge in [-0.25, -0.2) is 4.68 Å². The number of carbonyl (C=O) groups excluding carboxylic acids is 1. The molecule has 0 bridgehead atoms. The van der Waals surface area contributed by atoms with Crippen molar-refractivity contribution in [2.24, 2.45) is 11.8 Å². The van der Waals surface area contributed by atoms with E-state index in [1.54, 1.807) is 6.20 Å². The van der Waals surface area contributed by atoms with Gasteiger partial charge in [-0.2, -0.15) is 5.10 Å². The van der Waals surface area contributed by atoms with E-state index in [1.807, 2.05) is 24.3 Å². The molecule has 0 unspecified atom stereocenters. The van der Waals surface area contributed by atoms with Gasteiger partial charge in [-0.3, -0.25) is 9.59 Å². The topological polar surface area (TPSA) is 68.9 Å². The Bertz CT molecular complexity index is 1100. The first kappa shape index (κ1) is 19.7. The molecule has 1 fully saturated rings. The molecule has 6 heteroatoms. The van der Waals surface area contributed by atoms with Crippen LogP contribution in [0.4, 0.5) is 0 Å². The van der Waals surface area contributed by atoms with Crippen LogP contribution in [-0.2, 0) is 17.9 Å². The van der Waals surface area contributed by atoms with Crippen LogP contribution in [0.3, 0.4) is 0 Å². The Kier molecular flexibility index (Phi) is 5.43. The zero-order chi connectivity index (χ0) is 20.5. The first-order chi connectivity index (χ1) is 14.0. The van der Waals surface area contributed by atoms with E-state index in [1.165, 1.54) is 11.1 Å². The number of rotatable bonds is 5. The number of para-hydroxylation sites is 1. The molecule has 1 aliphatic rings. The summed E-state index contributed by atoms with van der Waals surface area (Å²) in [5, 5.41) is 9.35. The smallest absolute Gasteiger partial charge is 0.291 e. The molecular weight excluding hydrogens is 364 g/mol. The molecule has 0 saturated heterocycles. The molecule has 1 saturated carbocycles. The van der Waals surface area contributed by atoms with Crippen LogP contribution in [0, 0.1) is 11.8 Å². The van der Waals surface area contributed by atoms with E-state index in [2.05, 4.69) is 35.8 Å². The van der Waals surface area contributed by atoms with Gasteiger partial charge in [-0.05, 0) is 30.7 Å². The molecule has 1 aromatic carbocycles. The van der Waals surface area contributed by atoms with Crippen molar-refractivity contribution in [2.75, 3.05) is 0 Å². The monoisotopic (exact) mass is 394 g/mol. The molecule has 2 aromatic heterocycles. The van der Waals surface area contributed by atoms with Crippen LogP contribution < -0.4 is 10.9 Å². The first-order valence-corrected chi connectivity index (χ1v) is 10.8. The number of nitrogens with one attached hydrogen (secondary N) is 1. The number of aromatic nitrogens is 3. The molecule has 4 rings (SSSR count). The number of hydrogen-bond acceptors (Lipinski definition) is 3. The van der Waals surface area contributed by atoms with E-state index in [0.29, 0.717) is 17.4 Å². The average Bonchev–Trinajstić information content (AvgIpc) is 3.03. The molecule has 0 aliphatic heterocycles. The van der Waals surface area contributed by atoms with Gasteiger partial charge in [-0.1, -0.05) is 51.8 Å². The van der Waals surface area contributed by atoms with E-state index in [0.717, 1.165) is 42.1 Å². The molecule has 0 radical (unpaired) electrons. The summed E-state index contributed by atoms with van der Waals surface area (Å²) in [5.41, 5.74) is 1.47. The van der Waals surface area contributed by atoms with Gasteiger partial charge >= 0.3 is 0 Å². The highest BCUT2D eigenvalue weighted by molar-refractivity contribution is 6.07. The molecule has 1 aliphatic carbocycles. The number of amides is 1. The average molecular weight is 395 g/mol. The standard InChI is InChI=1S/C23H30N4O2/c1-4-12-26-20-11-6-5-9-17(20)18-13-24-27(23(29)22(18)26)14-21(28)25-19-10-7-8-15(2)16(19)3/h5-6,9,11,13,15-16,19H,4,7-8,10,12,14H2,1-3H3,(H,25,28)/t15-,16-,19-/m1/s1. The number of nitrogens with zero attached hydrogens (tertiary/aromatic N) is 3. The third-order valence-electron chi connectivity index (χ3n) is 6.57. The Morgan fingerprint density at radius 3 is 2.79 bits per heavy atom. The third kappa shape index (κ3) is 3.56. The summed E-state index contributed by atoms with van der Waals surface area (Å²) in [5.74, 6) is 0.922. The summed E-state index contributed by atoms with van der Waals surface area (Å²) in [6.07, 6.45) is 6.01. The van der Waals surface area contributed by atoms with Gasteiger partial charge < -0.3 is 9.88 Å². The molecule has 3 atom stereocenters. The Morgan fingerprint density at radius 2 is 2.00 bits per heavy atom. The van der Waals surface area contributed by atoms with E-state index in [-0.39, 0.29) is 24.1 Å². The van der Waals surface area contributed by atoms with E-state index in [9.17, 15) is 9.59 Å².